The highest BCUT2D eigenvalue weighted by Gasteiger charge is 2.31. The van der Waals surface area contributed by atoms with Gasteiger partial charge in [-0.25, -0.2) is 8.42 Å². The lowest BCUT2D eigenvalue weighted by molar-refractivity contribution is -0.141. The Bertz CT molecular complexity index is 1400. The van der Waals surface area contributed by atoms with Crippen molar-refractivity contribution in [2.45, 2.75) is 51.7 Å². The number of methoxy groups -OCH3 is 1. The molecule has 0 unspecified atom stereocenters. The van der Waals surface area contributed by atoms with E-state index >= 15 is 0 Å². The van der Waals surface area contributed by atoms with Crippen molar-refractivity contribution >= 4 is 43.5 Å². The second kappa shape index (κ2) is 15.0. The van der Waals surface area contributed by atoms with Crippen molar-refractivity contribution in [3.05, 3.63) is 94.5 Å². The predicted molar refractivity (Wildman–Crippen MR) is 166 cm³/mol. The summed E-state index contributed by atoms with van der Waals surface area (Å²) in [6.45, 7) is 4.12. The van der Waals surface area contributed by atoms with Crippen LogP contribution in [0.3, 0.4) is 0 Å². The molecule has 0 bridgehead atoms. The van der Waals surface area contributed by atoms with Crippen molar-refractivity contribution in [2.75, 3.05) is 24.2 Å². The average Bonchev–Trinajstić information content (AvgIpc) is 2.92. The summed E-state index contributed by atoms with van der Waals surface area (Å²) in [5.41, 5.74) is 2.30. The number of benzene rings is 3. The van der Waals surface area contributed by atoms with Crippen LogP contribution in [0.4, 0.5) is 5.69 Å². The molecule has 10 heteroatoms. The van der Waals surface area contributed by atoms with Gasteiger partial charge in [-0.1, -0.05) is 58.4 Å². The van der Waals surface area contributed by atoms with Crippen molar-refractivity contribution in [2.24, 2.45) is 0 Å². The van der Waals surface area contributed by atoms with Gasteiger partial charge in [-0.15, -0.1) is 0 Å². The Balaban J connectivity index is 1.87. The van der Waals surface area contributed by atoms with E-state index in [1.165, 1.54) is 4.31 Å². The largest absolute Gasteiger partial charge is 0.497 e. The molecule has 0 aromatic heterocycles. The van der Waals surface area contributed by atoms with Crippen LogP contribution < -0.4 is 14.4 Å². The highest BCUT2D eigenvalue weighted by Crippen LogP contribution is 2.23. The molecule has 2 amide bonds. The Hall–Kier alpha value is -3.37. The average molecular weight is 645 g/mol. The molecule has 3 aromatic rings. The summed E-state index contributed by atoms with van der Waals surface area (Å²) in [7, 11) is -2.05. The van der Waals surface area contributed by atoms with Crippen LogP contribution in [-0.4, -0.2) is 57.1 Å². The normalized spacial score (nSPS) is 12.0. The van der Waals surface area contributed by atoms with Crippen LogP contribution in [0, 0.1) is 0 Å². The number of sulfonamides is 1. The molecule has 0 spiro atoms. The maximum Gasteiger partial charge on any atom is 0.243 e. The number of nitrogens with zero attached hydrogens (tertiary/aromatic N) is 2. The van der Waals surface area contributed by atoms with Crippen LogP contribution >= 0.6 is 15.9 Å². The third-order valence-electron chi connectivity index (χ3n) is 6.46. The lowest BCUT2D eigenvalue weighted by atomic mass is 10.0. The van der Waals surface area contributed by atoms with Gasteiger partial charge >= 0.3 is 0 Å². The van der Waals surface area contributed by atoms with E-state index in [1.807, 2.05) is 68.4 Å². The van der Waals surface area contributed by atoms with E-state index in [9.17, 15) is 18.0 Å². The van der Waals surface area contributed by atoms with Crippen LogP contribution in [0.1, 0.15) is 37.8 Å². The van der Waals surface area contributed by atoms with Crippen molar-refractivity contribution in [3.63, 3.8) is 0 Å². The van der Waals surface area contributed by atoms with E-state index in [0.717, 1.165) is 21.9 Å². The monoisotopic (exact) mass is 643 g/mol. The molecule has 3 rings (SSSR count). The van der Waals surface area contributed by atoms with Crippen LogP contribution in [-0.2, 0) is 32.6 Å². The standard InChI is InChI=1S/C31H38BrN3O5S/c1-23(2)33-31(37)29(21-24-10-6-5-7-11-24)34(22-25-12-8-13-26(32)20-25)30(36)14-9-19-35(41(4,38)39)27-15-17-28(40-3)18-16-27/h5-8,10-13,15-18,20,23,29H,9,14,19,21-22H2,1-4H3,(H,33,37)/t29-/m0/s1. The van der Waals surface area contributed by atoms with Gasteiger partial charge in [0, 0.05) is 36.4 Å². The highest BCUT2D eigenvalue weighted by atomic mass is 79.9. The Labute approximate surface area is 251 Å². The Kier molecular flexibility index (Phi) is 11.8. The lowest BCUT2D eigenvalue weighted by Gasteiger charge is -2.32. The topological polar surface area (TPSA) is 96.0 Å². The first kappa shape index (κ1) is 32.1. The molecule has 0 heterocycles. The molecular formula is C31H38BrN3O5S. The minimum atomic E-state index is -3.59. The quantitative estimate of drug-likeness (QED) is 0.262. The van der Waals surface area contributed by atoms with Gasteiger partial charge < -0.3 is 15.0 Å². The number of nitrogens with one attached hydrogen (secondary N) is 1. The zero-order valence-electron chi connectivity index (χ0n) is 23.9. The molecule has 0 aliphatic carbocycles. The van der Waals surface area contributed by atoms with Crippen LogP contribution in [0.5, 0.6) is 5.75 Å². The van der Waals surface area contributed by atoms with Crippen LogP contribution in [0.2, 0.25) is 0 Å². The van der Waals surface area contributed by atoms with Gasteiger partial charge in [0.1, 0.15) is 11.8 Å². The number of rotatable bonds is 14. The van der Waals surface area contributed by atoms with Gasteiger partial charge in [0.05, 0.1) is 19.1 Å². The van der Waals surface area contributed by atoms with E-state index < -0.39 is 16.1 Å². The summed E-state index contributed by atoms with van der Waals surface area (Å²) in [6, 6.07) is 23.1. The van der Waals surface area contributed by atoms with Crippen molar-refractivity contribution < 1.29 is 22.7 Å². The highest BCUT2D eigenvalue weighted by molar-refractivity contribution is 9.10. The Morgan fingerprint density at radius 3 is 2.20 bits per heavy atom. The first-order valence-electron chi connectivity index (χ1n) is 13.5. The maximum absolute atomic E-state index is 13.9. The second-order valence-corrected chi connectivity index (χ2v) is 13.0. The van der Waals surface area contributed by atoms with Gasteiger partial charge in [0.2, 0.25) is 21.8 Å². The molecule has 220 valence electrons. The molecule has 3 aromatic carbocycles. The third-order valence-corrected chi connectivity index (χ3v) is 8.14. The Morgan fingerprint density at radius 2 is 1.61 bits per heavy atom. The summed E-state index contributed by atoms with van der Waals surface area (Å²) in [6.07, 6.45) is 1.83. The second-order valence-electron chi connectivity index (χ2n) is 10.2. The first-order chi connectivity index (χ1) is 19.5. The zero-order valence-corrected chi connectivity index (χ0v) is 26.3. The number of halogens is 1. The number of hydrogen-bond donors (Lipinski definition) is 1. The summed E-state index contributed by atoms with van der Waals surface area (Å²) < 4.78 is 32.6. The number of amides is 2. The van der Waals surface area contributed by atoms with Gasteiger partial charge in [-0.2, -0.15) is 0 Å². The molecule has 0 saturated carbocycles. The van der Waals surface area contributed by atoms with E-state index in [4.69, 9.17) is 4.74 Å². The van der Waals surface area contributed by atoms with E-state index in [1.54, 1.807) is 36.3 Å². The molecule has 0 radical (unpaired) electrons. The lowest BCUT2D eigenvalue weighted by Crippen LogP contribution is -2.51. The molecule has 0 fully saturated rings. The van der Waals surface area contributed by atoms with Crippen molar-refractivity contribution in [1.82, 2.24) is 10.2 Å². The molecule has 0 aliphatic heterocycles. The fourth-order valence-corrected chi connectivity index (χ4v) is 5.93. The maximum atomic E-state index is 13.9. The van der Waals surface area contributed by atoms with E-state index in [-0.39, 0.29) is 43.8 Å². The minimum absolute atomic E-state index is 0.0659. The minimum Gasteiger partial charge on any atom is -0.497 e. The fourth-order valence-electron chi connectivity index (χ4n) is 4.52. The summed E-state index contributed by atoms with van der Waals surface area (Å²) >= 11 is 3.50. The zero-order chi connectivity index (χ0) is 30.0. The number of ether oxygens (including phenoxy) is 1. The SMILES string of the molecule is COc1ccc(N(CCCC(=O)N(Cc2cccc(Br)c2)[C@@H](Cc2ccccc2)C(=O)NC(C)C)S(C)(=O)=O)cc1. The molecular weight excluding hydrogens is 606 g/mol. The molecule has 8 nitrogen and oxygen atoms in total. The summed E-state index contributed by atoms with van der Waals surface area (Å²) in [4.78, 5) is 29.0. The number of anilines is 1. The summed E-state index contributed by atoms with van der Waals surface area (Å²) in [5, 5.41) is 2.98. The number of hydrogen-bond acceptors (Lipinski definition) is 5. The predicted octanol–water partition coefficient (Wildman–Crippen LogP) is 5.17. The smallest absolute Gasteiger partial charge is 0.243 e. The van der Waals surface area contributed by atoms with E-state index in [0.29, 0.717) is 17.9 Å². The van der Waals surface area contributed by atoms with Crippen LogP contribution in [0.25, 0.3) is 0 Å². The summed E-state index contributed by atoms with van der Waals surface area (Å²) in [5.74, 6) is 0.154. The number of carbonyl (C=O) groups is 2. The van der Waals surface area contributed by atoms with Gasteiger partial charge in [0.25, 0.3) is 0 Å². The van der Waals surface area contributed by atoms with Gasteiger partial charge in [0.15, 0.2) is 0 Å². The third kappa shape index (κ3) is 9.89. The molecule has 0 aliphatic rings. The van der Waals surface area contributed by atoms with Crippen molar-refractivity contribution in [1.29, 1.82) is 0 Å². The molecule has 1 atom stereocenters. The van der Waals surface area contributed by atoms with Crippen LogP contribution in [0.15, 0.2) is 83.3 Å². The Morgan fingerprint density at radius 1 is 0.951 bits per heavy atom. The fraction of sp³-hybridized carbons (Fsp3) is 0.355. The first-order valence-corrected chi connectivity index (χ1v) is 16.1. The molecule has 0 saturated heterocycles. The van der Waals surface area contributed by atoms with Gasteiger partial charge in [-0.05, 0) is 67.8 Å². The van der Waals surface area contributed by atoms with Crippen molar-refractivity contribution in [3.8, 4) is 5.75 Å². The molecule has 41 heavy (non-hydrogen) atoms. The molecule has 1 N–H and O–H groups in total. The number of carbonyl (C=O) groups excluding carboxylic acids is 2. The van der Waals surface area contributed by atoms with E-state index in [2.05, 4.69) is 21.2 Å². The van der Waals surface area contributed by atoms with Gasteiger partial charge in [-0.3, -0.25) is 13.9 Å².